The lowest BCUT2D eigenvalue weighted by molar-refractivity contribution is 0.100. The van der Waals surface area contributed by atoms with Gasteiger partial charge >= 0.3 is 0 Å². The maximum absolute atomic E-state index is 14.2. The van der Waals surface area contributed by atoms with Gasteiger partial charge in [-0.15, -0.1) is 0 Å². The number of nitriles is 1. The van der Waals surface area contributed by atoms with Crippen LogP contribution in [0.5, 0.6) is 5.88 Å². The molecule has 2 saturated carbocycles. The van der Waals surface area contributed by atoms with Crippen molar-refractivity contribution in [2.24, 2.45) is 17.6 Å². The molecule has 2 aliphatic rings. The lowest BCUT2D eigenvalue weighted by Crippen LogP contribution is -2.34. The van der Waals surface area contributed by atoms with Crippen LogP contribution in [-0.4, -0.2) is 29.0 Å². The Labute approximate surface area is 247 Å². The summed E-state index contributed by atoms with van der Waals surface area (Å²) >= 11 is 0. The summed E-state index contributed by atoms with van der Waals surface area (Å²) in [5, 5.41) is 20.4. The molecule has 4 aromatic rings. The molecule has 1 atom stereocenters. The Morgan fingerprint density at radius 3 is 2.44 bits per heavy atom. The van der Waals surface area contributed by atoms with Crippen molar-refractivity contribution in [1.29, 1.82) is 5.26 Å². The minimum absolute atomic E-state index is 0.0425. The quantitative estimate of drug-likeness (QED) is 0.287. The molecule has 2 fully saturated rings. The molecule has 43 heavy (non-hydrogen) atoms. The van der Waals surface area contributed by atoms with Crippen LogP contribution >= 0.6 is 0 Å². The van der Waals surface area contributed by atoms with Crippen LogP contribution in [0.1, 0.15) is 59.0 Å². The number of rotatable bonds is 9. The fourth-order valence-corrected chi connectivity index (χ4v) is 6.88. The van der Waals surface area contributed by atoms with E-state index in [-0.39, 0.29) is 22.3 Å². The summed E-state index contributed by atoms with van der Waals surface area (Å²) in [6, 6.07) is 17.3. The molecule has 2 aliphatic carbocycles. The molecule has 218 valence electrons. The number of benzene rings is 3. The van der Waals surface area contributed by atoms with E-state index < -0.39 is 43.9 Å². The number of halogens is 1. The summed E-state index contributed by atoms with van der Waals surface area (Å²) in [7, 11) is -4.57. The van der Waals surface area contributed by atoms with Crippen molar-refractivity contribution in [3.05, 3.63) is 105 Å². The fraction of sp³-hybridized carbons (Fsp3) is 0.250. The van der Waals surface area contributed by atoms with E-state index in [1.807, 2.05) is 6.07 Å². The Bertz CT molecular complexity index is 1970. The van der Waals surface area contributed by atoms with Crippen LogP contribution in [0.25, 0.3) is 11.1 Å². The van der Waals surface area contributed by atoms with Gasteiger partial charge < -0.3 is 10.8 Å². The average Bonchev–Trinajstić information content (AvgIpc) is 3.91. The maximum Gasteiger partial charge on any atom is 0.277 e. The number of aromatic hydroxyl groups is 1. The standard InChI is InChI=1S/C32H27FN4O5S/c33-23-10-13-25(26(16-23)30(35)38)20-8-11-24(12-9-20)43(41,42)29-31(39)36-27(15-18-4-5-18)37(32(29)40)28(21-6-7-21)22-3-1-2-19(14-22)17-34/h1-3,8-14,16,18,21,28,39H,4-7,15H2,(H2,35,38)/t28-/m0/s1. The number of hydrogen-bond acceptors (Lipinski definition) is 7. The molecule has 0 bridgehead atoms. The molecular weight excluding hydrogens is 571 g/mol. The normalized spacial score (nSPS) is 15.5. The third-order valence-electron chi connectivity index (χ3n) is 7.99. The van der Waals surface area contributed by atoms with Gasteiger partial charge in [-0.2, -0.15) is 10.2 Å². The average molecular weight is 599 g/mol. The number of aromatic nitrogens is 2. The van der Waals surface area contributed by atoms with E-state index in [1.165, 1.54) is 34.9 Å². The fourth-order valence-electron chi connectivity index (χ4n) is 5.54. The van der Waals surface area contributed by atoms with Crippen molar-refractivity contribution in [2.75, 3.05) is 0 Å². The number of carbonyl (C=O) groups excluding carboxylic acids is 1. The largest absolute Gasteiger partial charge is 0.492 e. The number of hydrogen-bond donors (Lipinski definition) is 2. The Morgan fingerprint density at radius 1 is 1.09 bits per heavy atom. The number of primary amides is 1. The van der Waals surface area contributed by atoms with E-state index in [1.54, 1.807) is 18.2 Å². The lowest BCUT2D eigenvalue weighted by atomic mass is 9.99. The molecule has 1 heterocycles. The van der Waals surface area contributed by atoms with E-state index in [4.69, 9.17) is 5.73 Å². The summed E-state index contributed by atoms with van der Waals surface area (Å²) in [6.45, 7) is 0. The number of nitrogens with two attached hydrogens (primary N) is 1. The Balaban J connectivity index is 1.47. The zero-order chi connectivity index (χ0) is 30.5. The highest BCUT2D eigenvalue weighted by Crippen LogP contribution is 2.45. The highest BCUT2D eigenvalue weighted by atomic mass is 32.2. The first kappa shape index (κ1) is 28.3. The van der Waals surface area contributed by atoms with Crippen molar-refractivity contribution in [1.82, 2.24) is 9.55 Å². The summed E-state index contributed by atoms with van der Waals surface area (Å²) in [5.74, 6) is -1.72. The molecule has 0 unspecified atom stereocenters. The monoisotopic (exact) mass is 598 g/mol. The molecule has 0 aliphatic heterocycles. The van der Waals surface area contributed by atoms with Crippen LogP contribution < -0.4 is 11.3 Å². The van der Waals surface area contributed by atoms with Gasteiger partial charge in [0, 0.05) is 12.0 Å². The van der Waals surface area contributed by atoms with Crippen LogP contribution in [-0.2, 0) is 16.3 Å². The van der Waals surface area contributed by atoms with E-state index in [0.717, 1.165) is 37.8 Å². The maximum atomic E-state index is 14.2. The highest BCUT2D eigenvalue weighted by Gasteiger charge is 2.39. The summed E-state index contributed by atoms with van der Waals surface area (Å²) in [4.78, 5) is 29.3. The van der Waals surface area contributed by atoms with Crippen LogP contribution in [0.4, 0.5) is 4.39 Å². The zero-order valence-electron chi connectivity index (χ0n) is 22.9. The number of sulfone groups is 1. The topological polar surface area (TPSA) is 156 Å². The highest BCUT2D eigenvalue weighted by molar-refractivity contribution is 7.91. The summed E-state index contributed by atoms with van der Waals surface area (Å²) < 4.78 is 43.0. The Hall–Kier alpha value is -4.82. The first-order valence-corrected chi connectivity index (χ1v) is 15.4. The molecule has 3 N–H and O–H groups in total. The van der Waals surface area contributed by atoms with Crippen molar-refractivity contribution >= 4 is 15.7 Å². The second-order valence-corrected chi connectivity index (χ2v) is 13.0. The molecule has 9 nitrogen and oxygen atoms in total. The van der Waals surface area contributed by atoms with Crippen LogP contribution in [0, 0.1) is 29.0 Å². The first-order chi connectivity index (χ1) is 20.6. The smallest absolute Gasteiger partial charge is 0.277 e. The van der Waals surface area contributed by atoms with E-state index in [9.17, 15) is 32.8 Å². The predicted molar refractivity (Wildman–Crippen MR) is 154 cm³/mol. The molecule has 1 aromatic heterocycles. The third kappa shape index (κ3) is 5.42. The Kier molecular flexibility index (Phi) is 7.10. The SMILES string of the molecule is N#Cc1cccc([C@H](C2CC2)n2c(CC3CC3)nc(O)c(S(=O)(=O)c3ccc(-c4ccc(F)cc4C(N)=O)cc3)c2=O)c1. The van der Waals surface area contributed by atoms with Crippen molar-refractivity contribution in [2.45, 2.75) is 47.9 Å². The van der Waals surface area contributed by atoms with Gasteiger partial charge in [0.05, 0.1) is 22.6 Å². The molecule has 0 saturated heterocycles. The van der Waals surface area contributed by atoms with Crippen molar-refractivity contribution in [3.8, 4) is 23.1 Å². The second kappa shape index (κ2) is 10.8. The molecule has 3 aromatic carbocycles. The van der Waals surface area contributed by atoms with Gasteiger partial charge in [-0.1, -0.05) is 30.3 Å². The van der Waals surface area contributed by atoms with Gasteiger partial charge in [-0.3, -0.25) is 14.2 Å². The van der Waals surface area contributed by atoms with Gasteiger partial charge in [-0.25, -0.2) is 12.8 Å². The number of amides is 1. The van der Waals surface area contributed by atoms with E-state index in [0.29, 0.717) is 34.5 Å². The number of carbonyl (C=O) groups is 1. The summed E-state index contributed by atoms with van der Waals surface area (Å²) in [6.07, 6.45) is 3.95. The minimum atomic E-state index is -4.57. The van der Waals surface area contributed by atoms with Crippen LogP contribution in [0.3, 0.4) is 0 Å². The van der Waals surface area contributed by atoms with Crippen molar-refractivity contribution < 1.29 is 22.7 Å². The van der Waals surface area contributed by atoms with Crippen LogP contribution in [0.2, 0.25) is 0 Å². The van der Waals surface area contributed by atoms with Gasteiger partial charge in [0.15, 0.2) is 4.90 Å². The van der Waals surface area contributed by atoms with E-state index in [2.05, 4.69) is 11.1 Å². The lowest BCUT2D eigenvalue weighted by Gasteiger charge is -2.24. The molecule has 1 amide bonds. The zero-order valence-corrected chi connectivity index (χ0v) is 23.7. The molecular formula is C32H27FN4O5S. The molecule has 0 spiro atoms. The molecule has 0 radical (unpaired) electrons. The van der Waals surface area contributed by atoms with E-state index >= 15 is 0 Å². The minimum Gasteiger partial charge on any atom is -0.492 e. The predicted octanol–water partition coefficient (Wildman–Crippen LogP) is 4.51. The number of nitrogens with zero attached hydrogens (tertiary/aromatic N) is 3. The molecule has 6 rings (SSSR count). The first-order valence-electron chi connectivity index (χ1n) is 13.9. The van der Waals surface area contributed by atoms with Gasteiger partial charge in [0.2, 0.25) is 21.6 Å². The van der Waals surface area contributed by atoms with Gasteiger partial charge in [0.1, 0.15) is 11.6 Å². The van der Waals surface area contributed by atoms with Crippen molar-refractivity contribution in [3.63, 3.8) is 0 Å². The van der Waals surface area contributed by atoms with Crippen LogP contribution in [0.15, 0.2) is 81.3 Å². The Morgan fingerprint density at radius 2 is 1.81 bits per heavy atom. The van der Waals surface area contributed by atoms with Gasteiger partial charge in [-0.05, 0) is 90.6 Å². The molecule has 11 heteroatoms. The third-order valence-corrected chi connectivity index (χ3v) is 9.78. The summed E-state index contributed by atoms with van der Waals surface area (Å²) in [5.41, 5.74) is 6.29. The second-order valence-electron chi connectivity index (χ2n) is 11.1. The van der Waals surface area contributed by atoms with Gasteiger partial charge in [0.25, 0.3) is 5.56 Å².